The van der Waals surface area contributed by atoms with Gasteiger partial charge in [0, 0.05) is 6.54 Å². The Labute approximate surface area is 116 Å². The summed E-state index contributed by atoms with van der Waals surface area (Å²) in [5.74, 6) is -2.97. The maximum Gasteiger partial charge on any atom is 0.315 e. The Morgan fingerprint density at radius 3 is 2.65 bits per heavy atom. The third kappa shape index (κ3) is 3.14. The van der Waals surface area contributed by atoms with Gasteiger partial charge in [-0.3, -0.25) is 9.59 Å². The van der Waals surface area contributed by atoms with E-state index in [0.29, 0.717) is 13.2 Å². The summed E-state index contributed by atoms with van der Waals surface area (Å²) in [6, 6.07) is 5.88. The highest BCUT2D eigenvalue weighted by Crippen LogP contribution is 2.23. The lowest BCUT2D eigenvalue weighted by Gasteiger charge is -2.34. The van der Waals surface area contributed by atoms with E-state index in [1.807, 2.05) is 0 Å². The summed E-state index contributed by atoms with van der Waals surface area (Å²) in [5.41, 5.74) is 0.770. The minimum atomic E-state index is -1.14. The van der Waals surface area contributed by atoms with Crippen LogP contribution in [0.25, 0.3) is 0 Å². The summed E-state index contributed by atoms with van der Waals surface area (Å²) >= 11 is 0. The first-order chi connectivity index (χ1) is 9.49. The van der Waals surface area contributed by atoms with Gasteiger partial charge in [-0.1, -0.05) is 12.1 Å². The fraction of sp³-hybridized carbons (Fsp3) is 0.429. The van der Waals surface area contributed by atoms with Crippen molar-refractivity contribution in [1.29, 1.82) is 0 Å². The molecule has 1 saturated heterocycles. The van der Waals surface area contributed by atoms with Crippen LogP contribution in [0.5, 0.6) is 0 Å². The normalized spacial score (nSPS) is 20.5. The van der Waals surface area contributed by atoms with Crippen molar-refractivity contribution in [2.75, 3.05) is 19.7 Å². The smallest absolute Gasteiger partial charge is 0.315 e. The van der Waals surface area contributed by atoms with Crippen molar-refractivity contribution in [2.24, 2.45) is 5.92 Å². The van der Waals surface area contributed by atoms with Crippen LogP contribution < -0.4 is 0 Å². The van der Waals surface area contributed by atoms with E-state index in [4.69, 9.17) is 9.84 Å². The molecule has 0 radical (unpaired) electrons. The topological polar surface area (TPSA) is 66.8 Å². The van der Waals surface area contributed by atoms with Crippen LogP contribution in [0.15, 0.2) is 24.3 Å². The summed E-state index contributed by atoms with van der Waals surface area (Å²) in [4.78, 5) is 24.3. The number of carboxylic acid groups (broad SMARTS) is 1. The molecule has 0 aromatic heterocycles. The van der Waals surface area contributed by atoms with E-state index in [1.54, 1.807) is 12.1 Å². The van der Waals surface area contributed by atoms with Crippen molar-refractivity contribution in [2.45, 2.75) is 13.0 Å². The molecule has 1 aliphatic heterocycles. The predicted molar refractivity (Wildman–Crippen MR) is 68.5 cm³/mol. The molecule has 5 nitrogen and oxygen atoms in total. The number of carbonyl (C=O) groups is 2. The SMILES string of the molecule is CC(C(=O)O)C(=O)N1CCOC(c2ccc(F)cc2)C1. The highest BCUT2D eigenvalue weighted by molar-refractivity contribution is 5.96. The van der Waals surface area contributed by atoms with Crippen LogP contribution in [0.1, 0.15) is 18.6 Å². The molecule has 0 saturated carbocycles. The van der Waals surface area contributed by atoms with E-state index >= 15 is 0 Å². The zero-order valence-corrected chi connectivity index (χ0v) is 11.1. The zero-order chi connectivity index (χ0) is 14.7. The summed E-state index contributed by atoms with van der Waals surface area (Å²) < 4.78 is 18.4. The first-order valence-corrected chi connectivity index (χ1v) is 6.37. The average Bonchev–Trinajstić information content (AvgIpc) is 2.46. The van der Waals surface area contributed by atoms with Crippen molar-refractivity contribution in [1.82, 2.24) is 4.90 Å². The van der Waals surface area contributed by atoms with Crippen LogP contribution in [0, 0.1) is 11.7 Å². The molecule has 0 spiro atoms. The highest BCUT2D eigenvalue weighted by atomic mass is 19.1. The van der Waals surface area contributed by atoms with Crippen LogP contribution in [0.4, 0.5) is 4.39 Å². The third-order valence-corrected chi connectivity index (χ3v) is 3.36. The zero-order valence-electron chi connectivity index (χ0n) is 11.1. The number of halogens is 1. The van der Waals surface area contributed by atoms with Gasteiger partial charge in [-0.15, -0.1) is 0 Å². The molecule has 2 atom stereocenters. The molecular weight excluding hydrogens is 265 g/mol. The minimum Gasteiger partial charge on any atom is -0.481 e. The number of carbonyl (C=O) groups excluding carboxylic acids is 1. The van der Waals surface area contributed by atoms with Crippen molar-refractivity contribution in [3.63, 3.8) is 0 Å². The van der Waals surface area contributed by atoms with Crippen LogP contribution in [0.2, 0.25) is 0 Å². The number of aliphatic carboxylic acids is 1. The second-order valence-electron chi connectivity index (χ2n) is 4.76. The van der Waals surface area contributed by atoms with Gasteiger partial charge in [0.25, 0.3) is 0 Å². The molecule has 2 rings (SSSR count). The van der Waals surface area contributed by atoms with E-state index in [2.05, 4.69) is 0 Å². The minimum absolute atomic E-state index is 0.280. The van der Waals surface area contributed by atoms with Gasteiger partial charge in [0.2, 0.25) is 5.91 Å². The summed E-state index contributed by atoms with van der Waals surface area (Å²) in [7, 11) is 0. The van der Waals surface area contributed by atoms with Gasteiger partial charge < -0.3 is 14.7 Å². The number of benzene rings is 1. The Morgan fingerprint density at radius 2 is 2.05 bits per heavy atom. The van der Waals surface area contributed by atoms with Crippen molar-refractivity contribution >= 4 is 11.9 Å². The van der Waals surface area contributed by atoms with E-state index in [0.717, 1.165) is 5.56 Å². The number of carboxylic acids is 1. The van der Waals surface area contributed by atoms with Gasteiger partial charge in [0.15, 0.2) is 0 Å². The summed E-state index contributed by atoms with van der Waals surface area (Å²) in [6.45, 7) is 2.35. The lowest BCUT2D eigenvalue weighted by Crippen LogP contribution is -2.45. The van der Waals surface area contributed by atoms with Crippen LogP contribution in [0.3, 0.4) is 0 Å². The molecular formula is C14H16FNO4. The summed E-state index contributed by atoms with van der Waals surface area (Å²) in [6.07, 6.45) is -0.353. The molecule has 108 valence electrons. The van der Waals surface area contributed by atoms with Crippen LogP contribution >= 0.6 is 0 Å². The van der Waals surface area contributed by atoms with E-state index in [9.17, 15) is 14.0 Å². The van der Waals surface area contributed by atoms with Crippen molar-refractivity contribution in [3.8, 4) is 0 Å². The number of nitrogens with zero attached hydrogens (tertiary/aromatic N) is 1. The maximum atomic E-state index is 12.9. The Hall–Kier alpha value is -1.95. The number of ether oxygens (including phenoxy) is 1. The summed E-state index contributed by atoms with van der Waals surface area (Å²) in [5, 5.41) is 8.88. The molecule has 1 amide bonds. The first-order valence-electron chi connectivity index (χ1n) is 6.37. The quantitative estimate of drug-likeness (QED) is 0.851. The lowest BCUT2D eigenvalue weighted by molar-refractivity contribution is -0.154. The van der Waals surface area contributed by atoms with Crippen LogP contribution in [-0.4, -0.2) is 41.6 Å². The molecule has 1 fully saturated rings. The molecule has 1 heterocycles. The number of hydrogen-bond donors (Lipinski definition) is 1. The second kappa shape index (κ2) is 6.00. The van der Waals surface area contributed by atoms with Gasteiger partial charge >= 0.3 is 5.97 Å². The molecule has 20 heavy (non-hydrogen) atoms. The number of morpholine rings is 1. The standard InChI is InChI=1S/C14H16FNO4/c1-9(14(18)19)13(17)16-6-7-20-12(8-16)10-2-4-11(15)5-3-10/h2-5,9,12H,6-8H2,1H3,(H,18,19). The molecule has 6 heteroatoms. The van der Waals surface area contributed by atoms with E-state index in [1.165, 1.54) is 24.0 Å². The van der Waals surface area contributed by atoms with Gasteiger partial charge in [0.1, 0.15) is 17.8 Å². The molecule has 1 aliphatic rings. The van der Waals surface area contributed by atoms with Gasteiger partial charge in [-0.25, -0.2) is 4.39 Å². The average molecular weight is 281 g/mol. The molecule has 0 aliphatic carbocycles. The van der Waals surface area contributed by atoms with E-state index < -0.39 is 17.8 Å². The second-order valence-corrected chi connectivity index (χ2v) is 4.76. The van der Waals surface area contributed by atoms with Crippen LogP contribution in [-0.2, 0) is 14.3 Å². The third-order valence-electron chi connectivity index (χ3n) is 3.36. The fourth-order valence-electron chi connectivity index (χ4n) is 2.11. The number of hydrogen-bond acceptors (Lipinski definition) is 3. The Kier molecular flexibility index (Phi) is 4.34. The molecule has 1 aromatic rings. The predicted octanol–water partition coefficient (Wildman–Crippen LogP) is 1.45. The molecule has 1 aromatic carbocycles. The highest BCUT2D eigenvalue weighted by Gasteiger charge is 2.31. The van der Waals surface area contributed by atoms with Gasteiger partial charge in [0.05, 0.1) is 13.2 Å². The Balaban J connectivity index is 2.07. The largest absolute Gasteiger partial charge is 0.481 e. The number of rotatable bonds is 3. The lowest BCUT2D eigenvalue weighted by atomic mass is 10.1. The monoisotopic (exact) mass is 281 g/mol. The fourth-order valence-corrected chi connectivity index (χ4v) is 2.11. The number of amides is 1. The van der Waals surface area contributed by atoms with Gasteiger partial charge in [-0.05, 0) is 24.6 Å². The molecule has 1 N–H and O–H groups in total. The van der Waals surface area contributed by atoms with Crippen molar-refractivity contribution in [3.05, 3.63) is 35.6 Å². The molecule has 0 bridgehead atoms. The van der Waals surface area contributed by atoms with E-state index in [-0.39, 0.29) is 18.5 Å². The van der Waals surface area contributed by atoms with Crippen molar-refractivity contribution < 1.29 is 23.8 Å². The Morgan fingerprint density at radius 1 is 1.40 bits per heavy atom. The Bertz CT molecular complexity index is 502. The maximum absolute atomic E-state index is 12.9. The van der Waals surface area contributed by atoms with Gasteiger partial charge in [-0.2, -0.15) is 0 Å². The first kappa shape index (κ1) is 14.5. The molecule has 2 unspecified atom stereocenters.